The van der Waals surface area contributed by atoms with Gasteiger partial charge in [-0.2, -0.15) is 0 Å². The minimum atomic E-state index is 0.408. The van der Waals surface area contributed by atoms with Gasteiger partial charge in [0.25, 0.3) is 0 Å². The highest BCUT2D eigenvalue weighted by Gasteiger charge is 2.02. The number of benzene rings is 1. The summed E-state index contributed by atoms with van der Waals surface area (Å²) in [5.74, 6) is 5.97. The van der Waals surface area contributed by atoms with E-state index in [-0.39, 0.29) is 0 Å². The van der Waals surface area contributed by atoms with E-state index in [4.69, 9.17) is 5.73 Å². The van der Waals surface area contributed by atoms with Gasteiger partial charge in [-0.05, 0) is 42.6 Å². The molecule has 0 atom stereocenters. The molecule has 104 valence electrons. The third kappa shape index (κ3) is 4.82. The summed E-state index contributed by atoms with van der Waals surface area (Å²) in [4.78, 5) is 3.79. The summed E-state index contributed by atoms with van der Waals surface area (Å²) in [6.45, 7) is 2.42. The fourth-order valence-corrected chi connectivity index (χ4v) is 2.75. The van der Waals surface area contributed by atoms with Crippen molar-refractivity contribution in [2.75, 3.05) is 20.1 Å². The highest BCUT2D eigenvalue weighted by atomic mass is 32.1. The Morgan fingerprint density at radius 1 is 1.25 bits per heavy atom. The fraction of sp³-hybridized carbons (Fsp3) is 0.294. The Hall–Kier alpha value is -1.60. The summed E-state index contributed by atoms with van der Waals surface area (Å²) < 4.78 is 0. The van der Waals surface area contributed by atoms with Crippen LogP contribution in [-0.2, 0) is 13.0 Å². The van der Waals surface area contributed by atoms with Crippen LogP contribution in [0.4, 0.5) is 0 Å². The maximum atomic E-state index is 5.40. The first-order valence-corrected chi connectivity index (χ1v) is 7.64. The predicted molar refractivity (Wildman–Crippen MR) is 86.7 cm³/mol. The molecule has 1 aromatic heterocycles. The Kier molecular flexibility index (Phi) is 5.82. The molecular weight excluding hydrogens is 264 g/mol. The smallest absolute Gasteiger partial charge is 0.0555 e. The van der Waals surface area contributed by atoms with Crippen LogP contribution in [0.2, 0.25) is 0 Å². The first-order chi connectivity index (χ1) is 9.78. The Morgan fingerprint density at radius 2 is 2.15 bits per heavy atom. The topological polar surface area (TPSA) is 29.3 Å². The predicted octanol–water partition coefficient (Wildman–Crippen LogP) is 2.73. The third-order valence-electron chi connectivity index (χ3n) is 3.03. The van der Waals surface area contributed by atoms with Gasteiger partial charge in [-0.1, -0.05) is 30.0 Å². The largest absolute Gasteiger partial charge is 0.320 e. The van der Waals surface area contributed by atoms with Crippen LogP contribution in [0.15, 0.2) is 41.8 Å². The molecule has 0 bridgehead atoms. The lowest BCUT2D eigenvalue weighted by Crippen LogP contribution is -2.20. The van der Waals surface area contributed by atoms with Crippen molar-refractivity contribution in [3.8, 4) is 11.8 Å². The maximum Gasteiger partial charge on any atom is 0.0555 e. The summed E-state index contributed by atoms with van der Waals surface area (Å²) in [7, 11) is 2.16. The van der Waals surface area contributed by atoms with Crippen LogP contribution in [0, 0.1) is 11.8 Å². The molecule has 2 nitrogen and oxygen atoms in total. The third-order valence-corrected chi connectivity index (χ3v) is 3.97. The Balaban J connectivity index is 1.88. The van der Waals surface area contributed by atoms with Gasteiger partial charge in [0, 0.05) is 23.5 Å². The summed E-state index contributed by atoms with van der Waals surface area (Å²) in [5.41, 5.74) is 7.74. The number of nitrogens with zero attached hydrogens (tertiary/aromatic N) is 1. The van der Waals surface area contributed by atoms with Gasteiger partial charge in [-0.15, -0.1) is 11.3 Å². The van der Waals surface area contributed by atoms with Crippen molar-refractivity contribution in [2.24, 2.45) is 5.73 Å². The van der Waals surface area contributed by atoms with E-state index in [2.05, 4.69) is 59.5 Å². The van der Waals surface area contributed by atoms with Crippen molar-refractivity contribution in [1.82, 2.24) is 4.90 Å². The van der Waals surface area contributed by atoms with Crippen LogP contribution >= 0.6 is 11.3 Å². The van der Waals surface area contributed by atoms with Gasteiger partial charge in [0.2, 0.25) is 0 Å². The number of nitrogens with two attached hydrogens (primary N) is 1. The quantitative estimate of drug-likeness (QED) is 0.856. The Morgan fingerprint density at radius 3 is 2.90 bits per heavy atom. The van der Waals surface area contributed by atoms with Gasteiger partial charge in [-0.25, -0.2) is 0 Å². The Labute approximate surface area is 125 Å². The van der Waals surface area contributed by atoms with Gasteiger partial charge >= 0.3 is 0 Å². The lowest BCUT2D eigenvalue weighted by Gasteiger charge is -2.16. The molecule has 0 fully saturated rings. The first kappa shape index (κ1) is 14.8. The molecule has 2 aromatic rings. The van der Waals surface area contributed by atoms with Crippen molar-refractivity contribution < 1.29 is 0 Å². The number of hydrogen-bond acceptors (Lipinski definition) is 3. The minimum absolute atomic E-state index is 0.408. The SMILES string of the molecule is CN(CCc1cccs1)Cc1cccc(C#CCN)c1. The first-order valence-electron chi connectivity index (χ1n) is 6.77. The van der Waals surface area contributed by atoms with E-state index in [9.17, 15) is 0 Å². The van der Waals surface area contributed by atoms with Crippen molar-refractivity contribution in [1.29, 1.82) is 0 Å². The monoisotopic (exact) mass is 284 g/mol. The molecule has 3 heteroatoms. The van der Waals surface area contributed by atoms with E-state index in [1.54, 1.807) is 0 Å². The molecule has 20 heavy (non-hydrogen) atoms. The second kappa shape index (κ2) is 7.86. The average molecular weight is 284 g/mol. The molecular formula is C17H20N2S. The lowest BCUT2D eigenvalue weighted by atomic mass is 10.1. The van der Waals surface area contributed by atoms with Crippen LogP contribution in [0.1, 0.15) is 16.0 Å². The van der Waals surface area contributed by atoms with E-state index in [0.29, 0.717) is 6.54 Å². The van der Waals surface area contributed by atoms with Crippen LogP contribution in [0.25, 0.3) is 0 Å². The van der Waals surface area contributed by atoms with Crippen LogP contribution in [-0.4, -0.2) is 25.0 Å². The van der Waals surface area contributed by atoms with E-state index >= 15 is 0 Å². The number of thiophene rings is 1. The molecule has 0 unspecified atom stereocenters. The van der Waals surface area contributed by atoms with Gasteiger partial charge in [0.15, 0.2) is 0 Å². The molecule has 0 saturated carbocycles. The van der Waals surface area contributed by atoms with Gasteiger partial charge in [0.05, 0.1) is 6.54 Å². The second-order valence-electron chi connectivity index (χ2n) is 4.77. The summed E-state index contributed by atoms with van der Waals surface area (Å²) >= 11 is 1.83. The fourth-order valence-electron chi connectivity index (χ4n) is 2.05. The molecule has 2 rings (SSSR count). The summed E-state index contributed by atoms with van der Waals surface area (Å²) in [6, 6.07) is 12.7. The summed E-state index contributed by atoms with van der Waals surface area (Å²) in [5, 5.41) is 2.13. The molecule has 2 N–H and O–H groups in total. The second-order valence-corrected chi connectivity index (χ2v) is 5.81. The van der Waals surface area contributed by atoms with Gasteiger partial charge in [0.1, 0.15) is 0 Å². The maximum absolute atomic E-state index is 5.40. The number of likely N-dealkylation sites (N-methyl/N-ethyl adjacent to an activating group) is 1. The molecule has 0 saturated heterocycles. The molecule has 1 heterocycles. The van der Waals surface area contributed by atoms with E-state index < -0.39 is 0 Å². The number of hydrogen-bond donors (Lipinski definition) is 1. The standard InChI is InChI=1S/C17H20N2S/c1-19(11-9-17-8-4-12-20-17)14-16-6-2-5-15(13-16)7-3-10-18/h2,4-6,8,12-13H,9-11,14,18H2,1H3. The molecule has 0 spiro atoms. The van der Waals surface area contributed by atoms with E-state index in [1.165, 1.54) is 10.4 Å². The normalized spacial score (nSPS) is 10.3. The zero-order valence-corrected chi connectivity index (χ0v) is 12.6. The van der Waals surface area contributed by atoms with Crippen molar-refractivity contribution >= 4 is 11.3 Å². The van der Waals surface area contributed by atoms with Gasteiger partial charge in [-0.3, -0.25) is 0 Å². The van der Waals surface area contributed by atoms with Crippen molar-refractivity contribution in [3.05, 3.63) is 57.8 Å². The minimum Gasteiger partial charge on any atom is -0.320 e. The highest BCUT2D eigenvalue weighted by Crippen LogP contribution is 2.11. The van der Waals surface area contributed by atoms with Crippen molar-refractivity contribution in [2.45, 2.75) is 13.0 Å². The zero-order chi connectivity index (χ0) is 14.2. The Bertz CT molecular complexity index is 579. The lowest BCUT2D eigenvalue weighted by molar-refractivity contribution is 0.332. The van der Waals surface area contributed by atoms with E-state index in [1.807, 2.05) is 17.4 Å². The molecule has 0 amide bonds. The molecule has 0 radical (unpaired) electrons. The van der Waals surface area contributed by atoms with Crippen LogP contribution < -0.4 is 5.73 Å². The summed E-state index contributed by atoms with van der Waals surface area (Å²) in [6.07, 6.45) is 1.11. The molecule has 0 aliphatic heterocycles. The molecule has 1 aromatic carbocycles. The van der Waals surface area contributed by atoms with Gasteiger partial charge < -0.3 is 10.6 Å². The van der Waals surface area contributed by atoms with E-state index in [0.717, 1.165) is 25.1 Å². The molecule has 0 aliphatic carbocycles. The highest BCUT2D eigenvalue weighted by molar-refractivity contribution is 7.09. The van der Waals surface area contributed by atoms with Crippen LogP contribution in [0.5, 0.6) is 0 Å². The van der Waals surface area contributed by atoms with Crippen molar-refractivity contribution in [3.63, 3.8) is 0 Å². The number of rotatable bonds is 5. The average Bonchev–Trinajstić information content (AvgIpc) is 2.97. The van der Waals surface area contributed by atoms with Crippen LogP contribution in [0.3, 0.4) is 0 Å². The zero-order valence-electron chi connectivity index (χ0n) is 11.8. The molecule has 0 aliphatic rings.